The molecule has 152 valence electrons. The standard InChI is InChI=1S/C20H21N3O5S/c1-2-14-7-9-15(10-8-14)22-18(24)13-28-19(25)11-12-21-20-16-5-3-4-6-17(16)29(26,27)23-20/h3-10H,2,11-13H2,1H3,(H,21,23)(H,22,24). The van der Waals surface area contributed by atoms with Crippen molar-refractivity contribution in [2.24, 2.45) is 4.99 Å². The number of carbonyl (C=O) groups excluding carboxylic acids is 2. The summed E-state index contributed by atoms with van der Waals surface area (Å²) in [7, 11) is -3.61. The summed E-state index contributed by atoms with van der Waals surface area (Å²) in [5.41, 5.74) is 2.25. The van der Waals surface area contributed by atoms with Gasteiger partial charge in [0, 0.05) is 11.3 Å². The van der Waals surface area contributed by atoms with Gasteiger partial charge in [-0.1, -0.05) is 31.2 Å². The van der Waals surface area contributed by atoms with Crippen LogP contribution in [0.1, 0.15) is 24.5 Å². The van der Waals surface area contributed by atoms with E-state index in [9.17, 15) is 18.0 Å². The molecule has 0 atom stereocenters. The second-order valence-corrected chi connectivity index (χ2v) is 7.99. The molecule has 0 saturated carbocycles. The Morgan fingerprint density at radius 3 is 2.55 bits per heavy atom. The molecule has 0 unspecified atom stereocenters. The van der Waals surface area contributed by atoms with Crippen LogP contribution in [-0.4, -0.2) is 39.3 Å². The highest BCUT2D eigenvalue weighted by Crippen LogP contribution is 2.22. The smallest absolute Gasteiger partial charge is 0.308 e. The van der Waals surface area contributed by atoms with Crippen LogP contribution in [0, 0.1) is 0 Å². The lowest BCUT2D eigenvalue weighted by molar-refractivity contribution is -0.147. The minimum Gasteiger partial charge on any atom is -0.456 e. The van der Waals surface area contributed by atoms with Crippen LogP contribution in [0.25, 0.3) is 0 Å². The van der Waals surface area contributed by atoms with Crippen molar-refractivity contribution in [2.75, 3.05) is 18.5 Å². The van der Waals surface area contributed by atoms with Gasteiger partial charge in [0.25, 0.3) is 15.9 Å². The summed E-state index contributed by atoms with van der Waals surface area (Å²) in [4.78, 5) is 28.0. The van der Waals surface area contributed by atoms with Crippen LogP contribution in [0.2, 0.25) is 0 Å². The number of esters is 1. The molecule has 0 radical (unpaired) electrons. The van der Waals surface area contributed by atoms with Gasteiger partial charge in [-0.2, -0.15) is 0 Å². The molecule has 0 aliphatic carbocycles. The lowest BCUT2D eigenvalue weighted by Gasteiger charge is -2.07. The first-order valence-electron chi connectivity index (χ1n) is 9.10. The number of aryl methyl sites for hydroxylation is 1. The number of fused-ring (bicyclic) bond motifs is 1. The zero-order valence-electron chi connectivity index (χ0n) is 15.8. The molecule has 9 heteroatoms. The monoisotopic (exact) mass is 415 g/mol. The predicted molar refractivity (Wildman–Crippen MR) is 108 cm³/mol. The van der Waals surface area contributed by atoms with Gasteiger partial charge in [-0.25, -0.2) is 8.42 Å². The predicted octanol–water partition coefficient (Wildman–Crippen LogP) is 1.86. The Labute approximate surface area is 169 Å². The highest BCUT2D eigenvalue weighted by atomic mass is 32.2. The number of rotatable bonds is 7. The molecule has 1 amide bonds. The van der Waals surface area contributed by atoms with Crippen molar-refractivity contribution in [3.8, 4) is 0 Å². The minimum atomic E-state index is -3.61. The number of amidine groups is 1. The Morgan fingerprint density at radius 1 is 1.10 bits per heavy atom. The van der Waals surface area contributed by atoms with E-state index in [-0.39, 0.29) is 23.7 Å². The third-order valence-electron chi connectivity index (χ3n) is 4.26. The molecule has 2 aromatic rings. The van der Waals surface area contributed by atoms with Gasteiger partial charge >= 0.3 is 5.97 Å². The lowest BCUT2D eigenvalue weighted by atomic mass is 10.1. The first-order valence-corrected chi connectivity index (χ1v) is 10.6. The van der Waals surface area contributed by atoms with Crippen LogP contribution in [0.15, 0.2) is 58.4 Å². The number of hydrogen-bond donors (Lipinski definition) is 2. The van der Waals surface area contributed by atoms with Gasteiger partial charge in [0.15, 0.2) is 6.61 Å². The van der Waals surface area contributed by atoms with Crippen molar-refractivity contribution in [3.05, 3.63) is 59.7 Å². The largest absolute Gasteiger partial charge is 0.456 e. The maximum atomic E-state index is 12.0. The van der Waals surface area contributed by atoms with E-state index in [1.165, 1.54) is 6.07 Å². The number of nitrogens with zero attached hydrogens (tertiary/aromatic N) is 1. The third-order valence-corrected chi connectivity index (χ3v) is 5.66. The normalized spacial score (nSPS) is 15.4. The number of sulfonamides is 1. The second-order valence-electron chi connectivity index (χ2n) is 6.34. The van der Waals surface area contributed by atoms with Gasteiger partial charge in [-0.15, -0.1) is 0 Å². The molecule has 1 heterocycles. The summed E-state index contributed by atoms with van der Waals surface area (Å²) in [5.74, 6) is -0.840. The first kappa shape index (κ1) is 20.5. The molecule has 0 aromatic heterocycles. The van der Waals surface area contributed by atoms with E-state index in [1.54, 1.807) is 30.3 Å². The van der Waals surface area contributed by atoms with E-state index in [0.717, 1.165) is 12.0 Å². The van der Waals surface area contributed by atoms with Crippen molar-refractivity contribution < 1.29 is 22.7 Å². The highest BCUT2D eigenvalue weighted by Gasteiger charge is 2.29. The van der Waals surface area contributed by atoms with E-state index in [1.807, 2.05) is 19.1 Å². The zero-order chi connectivity index (χ0) is 20.9. The molecule has 0 fully saturated rings. The first-order chi connectivity index (χ1) is 13.9. The lowest BCUT2D eigenvalue weighted by Crippen LogP contribution is -2.23. The van der Waals surface area contributed by atoms with E-state index in [4.69, 9.17) is 4.74 Å². The Morgan fingerprint density at radius 2 is 1.83 bits per heavy atom. The Balaban J connectivity index is 1.46. The number of hydrogen-bond acceptors (Lipinski definition) is 6. The number of aliphatic imine (C=N–C) groups is 1. The van der Waals surface area contributed by atoms with Crippen molar-refractivity contribution in [2.45, 2.75) is 24.7 Å². The minimum absolute atomic E-state index is 0.0329. The van der Waals surface area contributed by atoms with Crippen LogP contribution in [0.4, 0.5) is 5.69 Å². The highest BCUT2D eigenvalue weighted by molar-refractivity contribution is 7.90. The van der Waals surface area contributed by atoms with Gasteiger partial charge < -0.3 is 10.1 Å². The molecule has 0 spiro atoms. The average molecular weight is 415 g/mol. The quantitative estimate of drug-likeness (QED) is 0.670. The molecule has 1 aliphatic rings. The zero-order valence-corrected chi connectivity index (χ0v) is 16.7. The molecule has 3 rings (SSSR count). The van der Waals surface area contributed by atoms with Gasteiger partial charge in [-0.3, -0.25) is 19.3 Å². The third kappa shape index (κ3) is 5.20. The Bertz CT molecular complexity index is 1050. The van der Waals surface area contributed by atoms with Gasteiger partial charge in [0.05, 0.1) is 17.9 Å². The molecule has 29 heavy (non-hydrogen) atoms. The van der Waals surface area contributed by atoms with Crippen molar-refractivity contribution in [1.29, 1.82) is 0 Å². The molecule has 2 N–H and O–H groups in total. The van der Waals surface area contributed by atoms with Crippen LogP contribution in [0.3, 0.4) is 0 Å². The van der Waals surface area contributed by atoms with Crippen LogP contribution in [-0.2, 0) is 30.8 Å². The topological polar surface area (TPSA) is 114 Å². The number of carbonyl (C=O) groups is 2. The fourth-order valence-corrected chi connectivity index (χ4v) is 4.00. The van der Waals surface area contributed by atoms with Crippen LogP contribution >= 0.6 is 0 Å². The van der Waals surface area contributed by atoms with Gasteiger partial charge in [-0.05, 0) is 36.2 Å². The number of ether oxygens (including phenoxy) is 1. The summed E-state index contributed by atoms with van der Waals surface area (Å²) in [6.45, 7) is 1.67. The molecule has 8 nitrogen and oxygen atoms in total. The SMILES string of the molecule is CCc1ccc(NC(=O)COC(=O)CCN=C2NS(=O)(=O)c3ccccc32)cc1. The van der Waals surface area contributed by atoms with Crippen molar-refractivity contribution in [3.63, 3.8) is 0 Å². The van der Waals surface area contributed by atoms with E-state index in [0.29, 0.717) is 11.3 Å². The van der Waals surface area contributed by atoms with E-state index >= 15 is 0 Å². The number of benzene rings is 2. The summed E-state index contributed by atoms with van der Waals surface area (Å²) in [6.07, 6.45) is 0.828. The second kappa shape index (κ2) is 8.87. The van der Waals surface area contributed by atoms with E-state index < -0.39 is 28.5 Å². The van der Waals surface area contributed by atoms with Gasteiger partial charge in [0.2, 0.25) is 0 Å². The van der Waals surface area contributed by atoms with Crippen molar-refractivity contribution >= 4 is 33.4 Å². The fraction of sp³-hybridized carbons (Fsp3) is 0.250. The molecular weight excluding hydrogens is 394 g/mol. The summed E-state index contributed by atoms with van der Waals surface area (Å²) in [5, 5.41) is 2.65. The molecule has 0 saturated heterocycles. The average Bonchev–Trinajstić information content (AvgIpc) is 2.97. The maximum absolute atomic E-state index is 12.0. The van der Waals surface area contributed by atoms with Crippen molar-refractivity contribution in [1.82, 2.24) is 4.72 Å². The Kier molecular flexibility index (Phi) is 6.28. The fourth-order valence-electron chi connectivity index (χ4n) is 2.75. The molecular formula is C20H21N3O5S. The maximum Gasteiger partial charge on any atom is 0.308 e. The van der Waals surface area contributed by atoms with Gasteiger partial charge in [0.1, 0.15) is 5.84 Å². The molecule has 1 aliphatic heterocycles. The summed E-state index contributed by atoms with van der Waals surface area (Å²) >= 11 is 0. The number of amides is 1. The summed E-state index contributed by atoms with van der Waals surface area (Å²) < 4.78 is 31.3. The van der Waals surface area contributed by atoms with Crippen LogP contribution in [0.5, 0.6) is 0 Å². The van der Waals surface area contributed by atoms with Crippen LogP contribution < -0.4 is 10.0 Å². The number of nitrogens with one attached hydrogen (secondary N) is 2. The Hall–Kier alpha value is -3.20. The molecule has 2 aromatic carbocycles. The summed E-state index contributed by atoms with van der Waals surface area (Å²) in [6, 6.07) is 13.9. The molecule has 0 bridgehead atoms. The van der Waals surface area contributed by atoms with E-state index in [2.05, 4.69) is 15.0 Å². The number of anilines is 1.